The third-order valence-corrected chi connectivity index (χ3v) is 15.2. The van der Waals surface area contributed by atoms with Crippen LogP contribution in [0.15, 0.2) is 272 Å². The van der Waals surface area contributed by atoms with Gasteiger partial charge >= 0.3 is 0 Å². The summed E-state index contributed by atoms with van der Waals surface area (Å²) >= 11 is 0. The van der Waals surface area contributed by atoms with Gasteiger partial charge in [0, 0.05) is 100 Å². The summed E-state index contributed by atoms with van der Waals surface area (Å²) in [5, 5.41) is 10.9. The molecule has 16 aromatic rings. The van der Waals surface area contributed by atoms with E-state index < -0.39 is 0 Å². The van der Waals surface area contributed by atoms with Crippen molar-refractivity contribution < 1.29 is 17.7 Å². The zero-order valence-corrected chi connectivity index (χ0v) is 40.8. The van der Waals surface area contributed by atoms with Gasteiger partial charge in [0.1, 0.15) is 44.7 Å². The van der Waals surface area contributed by atoms with Gasteiger partial charge in [-0.3, -0.25) is 0 Å². The van der Waals surface area contributed by atoms with Crippen molar-refractivity contribution in [1.29, 1.82) is 0 Å². The van der Waals surface area contributed by atoms with Crippen molar-refractivity contribution in [1.82, 2.24) is 0 Å². The molecule has 0 bridgehead atoms. The Balaban J connectivity index is 0.738. The van der Waals surface area contributed by atoms with Gasteiger partial charge in [-0.25, -0.2) is 0 Å². The first kappa shape index (κ1) is 42.2. The minimum absolute atomic E-state index is 0.819. The van der Waals surface area contributed by atoms with Gasteiger partial charge in [0.2, 0.25) is 0 Å². The molecule has 0 saturated heterocycles. The first-order chi connectivity index (χ1) is 37.6. The fourth-order valence-corrected chi connectivity index (χ4v) is 11.6. The van der Waals surface area contributed by atoms with Gasteiger partial charge in [-0.15, -0.1) is 0 Å². The Kier molecular flexibility index (Phi) is 9.23. The molecular weight excluding hydrogens is 933 g/mol. The van der Waals surface area contributed by atoms with Crippen LogP contribution < -0.4 is 9.80 Å². The van der Waals surface area contributed by atoms with E-state index in [0.717, 1.165) is 155 Å². The van der Waals surface area contributed by atoms with E-state index in [2.05, 4.69) is 240 Å². The molecule has 16 rings (SSSR count). The van der Waals surface area contributed by atoms with E-state index in [1.54, 1.807) is 0 Å². The summed E-state index contributed by atoms with van der Waals surface area (Å²) in [6.07, 6.45) is 0. The summed E-state index contributed by atoms with van der Waals surface area (Å²) in [5.74, 6) is 0. The van der Waals surface area contributed by atoms with E-state index in [1.165, 1.54) is 0 Å². The Morgan fingerprint density at radius 1 is 0.211 bits per heavy atom. The van der Waals surface area contributed by atoms with Crippen LogP contribution in [-0.4, -0.2) is 0 Å². The van der Waals surface area contributed by atoms with Crippen LogP contribution in [0.4, 0.5) is 34.1 Å². The van der Waals surface area contributed by atoms with Crippen LogP contribution in [0.3, 0.4) is 0 Å². The molecule has 0 saturated carbocycles. The van der Waals surface area contributed by atoms with Gasteiger partial charge in [0.05, 0.1) is 0 Å². The molecule has 12 aromatic carbocycles. The lowest BCUT2D eigenvalue weighted by molar-refractivity contribution is 0.668. The standard InChI is InChI=1S/C70H42N2O4/c1-3-13-47(14-4-1)71(49-29-25-43(26-30-49)53-19-11-21-59-55-17-7-9-23-63(55)75-69(53)59)51-33-35-57-61-37-45-40-66-62(38-46(45)39-65(61)73-67(57)41-51)58-36-34-52(42-68(58)74-66)72(48-15-5-2-6-16-48)50-31-27-44(28-32-50)54-20-12-22-60-56-18-8-10-24-64(56)76-70(54)60/h1-42H. The van der Waals surface area contributed by atoms with E-state index >= 15 is 0 Å². The molecule has 0 aliphatic carbocycles. The highest BCUT2D eigenvalue weighted by Gasteiger charge is 2.21. The average molecular weight is 975 g/mol. The van der Waals surface area contributed by atoms with Crippen LogP contribution in [0.2, 0.25) is 0 Å². The third kappa shape index (κ3) is 6.67. The molecule has 4 heterocycles. The van der Waals surface area contributed by atoms with Crippen LogP contribution in [0.5, 0.6) is 0 Å². The molecule has 0 unspecified atom stereocenters. The molecule has 76 heavy (non-hydrogen) atoms. The molecule has 6 nitrogen and oxygen atoms in total. The number of fused-ring (bicyclic) bond motifs is 13. The quantitative estimate of drug-likeness (QED) is 0.151. The fourth-order valence-electron chi connectivity index (χ4n) is 11.6. The van der Waals surface area contributed by atoms with Crippen molar-refractivity contribution in [2.24, 2.45) is 0 Å². The Labute approximate surface area is 435 Å². The minimum atomic E-state index is 0.819. The topological polar surface area (TPSA) is 59.0 Å². The Morgan fingerprint density at radius 2 is 0.566 bits per heavy atom. The number of hydrogen-bond acceptors (Lipinski definition) is 6. The minimum Gasteiger partial charge on any atom is -0.456 e. The smallest absolute Gasteiger partial charge is 0.143 e. The maximum Gasteiger partial charge on any atom is 0.143 e. The molecule has 0 radical (unpaired) electrons. The fraction of sp³-hybridized carbons (Fsp3) is 0. The second-order valence-electron chi connectivity index (χ2n) is 19.6. The SMILES string of the molecule is c1ccc(N(c2ccc(-c3cccc4c3oc3ccccc34)cc2)c2ccc3c(c2)oc2cc4cc5c(cc4cc23)oc2cc(N(c3ccccc3)c3ccc(-c4cccc6c4oc4ccccc46)cc3)ccc25)cc1. The molecule has 0 aliphatic rings. The van der Waals surface area contributed by atoms with Gasteiger partial charge in [0.25, 0.3) is 0 Å². The molecule has 4 aromatic heterocycles. The van der Waals surface area contributed by atoms with E-state index in [1.807, 2.05) is 24.3 Å². The molecule has 0 aliphatic heterocycles. The predicted octanol–water partition coefficient (Wildman–Crippen LogP) is 20.7. The van der Waals surface area contributed by atoms with Crippen molar-refractivity contribution in [3.8, 4) is 22.3 Å². The normalized spacial score (nSPS) is 11.9. The molecule has 0 fully saturated rings. The summed E-state index contributed by atoms with van der Waals surface area (Å²) < 4.78 is 26.4. The Hall–Kier alpha value is -10.3. The number of benzene rings is 12. The number of hydrogen-bond donors (Lipinski definition) is 0. The number of para-hydroxylation sites is 6. The van der Waals surface area contributed by atoms with E-state index in [-0.39, 0.29) is 0 Å². The highest BCUT2D eigenvalue weighted by Crippen LogP contribution is 2.45. The van der Waals surface area contributed by atoms with E-state index in [0.29, 0.717) is 0 Å². The zero-order valence-electron chi connectivity index (χ0n) is 40.8. The van der Waals surface area contributed by atoms with Crippen LogP contribution >= 0.6 is 0 Å². The number of rotatable bonds is 8. The number of furan rings is 4. The lowest BCUT2D eigenvalue weighted by atomic mass is 10.0. The first-order valence-electron chi connectivity index (χ1n) is 25.6. The van der Waals surface area contributed by atoms with Gasteiger partial charge in [-0.2, -0.15) is 0 Å². The van der Waals surface area contributed by atoms with Crippen molar-refractivity contribution >= 4 is 133 Å². The second kappa shape index (κ2) is 16.6. The number of anilines is 6. The van der Waals surface area contributed by atoms with Crippen LogP contribution in [0.1, 0.15) is 0 Å². The van der Waals surface area contributed by atoms with Gasteiger partial charge in [-0.1, -0.05) is 133 Å². The number of nitrogens with zero attached hydrogens (tertiary/aromatic N) is 2. The van der Waals surface area contributed by atoms with Crippen molar-refractivity contribution in [2.75, 3.05) is 9.80 Å². The maximum absolute atomic E-state index is 6.77. The molecule has 0 N–H and O–H groups in total. The van der Waals surface area contributed by atoms with Crippen molar-refractivity contribution in [2.45, 2.75) is 0 Å². The van der Waals surface area contributed by atoms with E-state index in [4.69, 9.17) is 17.7 Å². The van der Waals surface area contributed by atoms with Gasteiger partial charge in [0.15, 0.2) is 0 Å². The van der Waals surface area contributed by atoms with Crippen molar-refractivity contribution in [3.05, 3.63) is 255 Å². The largest absolute Gasteiger partial charge is 0.456 e. The van der Waals surface area contributed by atoms with Crippen LogP contribution in [0, 0.1) is 0 Å². The lowest BCUT2D eigenvalue weighted by Crippen LogP contribution is -2.09. The Morgan fingerprint density at radius 3 is 1.01 bits per heavy atom. The van der Waals surface area contributed by atoms with Crippen molar-refractivity contribution in [3.63, 3.8) is 0 Å². The summed E-state index contributed by atoms with van der Waals surface area (Å²) in [6, 6.07) is 89.5. The molecule has 356 valence electrons. The molecule has 0 spiro atoms. The lowest BCUT2D eigenvalue weighted by Gasteiger charge is -2.25. The summed E-state index contributed by atoms with van der Waals surface area (Å²) in [6.45, 7) is 0. The highest BCUT2D eigenvalue weighted by atomic mass is 16.3. The molecule has 0 atom stereocenters. The maximum atomic E-state index is 6.77. The predicted molar refractivity (Wildman–Crippen MR) is 313 cm³/mol. The molecular formula is C70H42N2O4. The first-order valence-corrected chi connectivity index (χ1v) is 25.6. The van der Waals surface area contributed by atoms with Crippen LogP contribution in [0.25, 0.3) is 121 Å². The zero-order chi connectivity index (χ0) is 49.8. The van der Waals surface area contributed by atoms with Gasteiger partial charge in [-0.05, 0) is 131 Å². The molecule has 6 heteroatoms. The molecule has 0 amide bonds. The summed E-state index contributed by atoms with van der Waals surface area (Å²) in [5.41, 5.74) is 17.4. The average Bonchev–Trinajstić information content (AvgIpc) is 4.28. The second-order valence-corrected chi connectivity index (χ2v) is 19.6. The van der Waals surface area contributed by atoms with E-state index in [9.17, 15) is 0 Å². The summed E-state index contributed by atoms with van der Waals surface area (Å²) in [7, 11) is 0. The van der Waals surface area contributed by atoms with Crippen LogP contribution in [-0.2, 0) is 0 Å². The Bertz CT molecular complexity index is 4620. The monoisotopic (exact) mass is 974 g/mol. The highest BCUT2D eigenvalue weighted by molar-refractivity contribution is 6.16. The van der Waals surface area contributed by atoms with Gasteiger partial charge < -0.3 is 27.5 Å². The third-order valence-electron chi connectivity index (χ3n) is 15.2. The summed E-state index contributed by atoms with van der Waals surface area (Å²) in [4.78, 5) is 4.56.